The number of halogens is 1. The molecule has 0 saturated carbocycles. The summed E-state index contributed by atoms with van der Waals surface area (Å²) in [5.41, 5.74) is 1.07. The smallest absolute Gasteiger partial charge is 0.137 e. The van der Waals surface area contributed by atoms with Gasteiger partial charge in [-0.2, -0.15) is 0 Å². The maximum absolute atomic E-state index is 9.66. The second-order valence-corrected chi connectivity index (χ2v) is 5.77. The summed E-state index contributed by atoms with van der Waals surface area (Å²) in [7, 11) is 0. The van der Waals surface area contributed by atoms with E-state index >= 15 is 0 Å². The van der Waals surface area contributed by atoms with Gasteiger partial charge in [-0.1, -0.05) is 24.3 Å². The van der Waals surface area contributed by atoms with Crippen molar-refractivity contribution in [3.63, 3.8) is 0 Å². The number of hydrogen-bond donors (Lipinski definition) is 2. The SMILES string of the molecule is C[C@H](O)c1nccn1[C@@H](/C=C/c1ccc(I)cc1)CO. The van der Waals surface area contributed by atoms with Crippen LogP contribution in [0.1, 0.15) is 30.5 Å². The summed E-state index contributed by atoms with van der Waals surface area (Å²) >= 11 is 2.26. The maximum Gasteiger partial charge on any atom is 0.137 e. The minimum Gasteiger partial charge on any atom is -0.394 e. The summed E-state index contributed by atoms with van der Waals surface area (Å²) in [6, 6.07) is 7.88. The quantitative estimate of drug-likeness (QED) is 0.780. The molecule has 2 rings (SSSR count). The molecule has 0 aliphatic heterocycles. The van der Waals surface area contributed by atoms with Crippen LogP contribution in [0.2, 0.25) is 0 Å². The monoisotopic (exact) mass is 384 g/mol. The van der Waals surface area contributed by atoms with Crippen LogP contribution < -0.4 is 0 Å². The third-order valence-electron chi connectivity index (χ3n) is 3.00. The summed E-state index contributed by atoms with van der Waals surface area (Å²) in [6.07, 6.45) is 6.61. The fraction of sp³-hybridized carbons (Fsp3) is 0.267. The van der Waals surface area contributed by atoms with Crippen molar-refractivity contribution in [3.05, 3.63) is 57.7 Å². The van der Waals surface area contributed by atoms with Gasteiger partial charge in [0.2, 0.25) is 0 Å². The average molecular weight is 384 g/mol. The highest BCUT2D eigenvalue weighted by Gasteiger charge is 2.14. The molecule has 0 bridgehead atoms. The Morgan fingerprint density at radius 3 is 2.65 bits per heavy atom. The molecule has 2 N–H and O–H groups in total. The van der Waals surface area contributed by atoms with E-state index in [0.717, 1.165) is 5.56 Å². The predicted octanol–water partition coefficient (Wildman–Crippen LogP) is 2.79. The van der Waals surface area contributed by atoms with Gasteiger partial charge in [-0.05, 0) is 47.2 Å². The van der Waals surface area contributed by atoms with E-state index in [0.29, 0.717) is 5.82 Å². The van der Waals surface area contributed by atoms with Gasteiger partial charge in [-0.3, -0.25) is 0 Å². The van der Waals surface area contributed by atoms with Crippen LogP contribution in [0.5, 0.6) is 0 Å². The molecule has 2 atom stereocenters. The lowest BCUT2D eigenvalue weighted by Crippen LogP contribution is -2.14. The van der Waals surface area contributed by atoms with E-state index in [1.165, 1.54) is 3.57 Å². The van der Waals surface area contributed by atoms with Crippen LogP contribution in [0.25, 0.3) is 6.08 Å². The van der Waals surface area contributed by atoms with E-state index in [2.05, 4.69) is 27.6 Å². The van der Waals surface area contributed by atoms with Crippen molar-refractivity contribution in [3.8, 4) is 0 Å². The Morgan fingerprint density at radius 1 is 1.35 bits per heavy atom. The molecule has 5 heteroatoms. The normalized spacial score (nSPS) is 14.6. The fourth-order valence-corrected chi connectivity index (χ4v) is 2.33. The molecule has 20 heavy (non-hydrogen) atoms. The molecular weight excluding hydrogens is 367 g/mol. The standard InChI is InChI=1S/C15H17IN2O2/c1-11(20)15-17-8-9-18(15)14(10-19)7-4-12-2-5-13(16)6-3-12/h2-9,11,14,19-20H,10H2,1H3/b7-4+/t11-,14-/m0/s1. The Kier molecular flexibility index (Phi) is 5.33. The number of hydrogen-bond acceptors (Lipinski definition) is 3. The molecule has 0 saturated heterocycles. The first kappa shape index (κ1) is 15.2. The van der Waals surface area contributed by atoms with Crippen molar-refractivity contribution in [1.29, 1.82) is 0 Å². The first-order valence-corrected chi connectivity index (χ1v) is 7.45. The highest BCUT2D eigenvalue weighted by molar-refractivity contribution is 14.1. The van der Waals surface area contributed by atoms with Gasteiger partial charge in [0.15, 0.2) is 0 Å². The first-order valence-electron chi connectivity index (χ1n) is 6.37. The molecule has 1 heterocycles. The van der Waals surface area contributed by atoms with Crippen molar-refractivity contribution >= 4 is 28.7 Å². The van der Waals surface area contributed by atoms with E-state index in [4.69, 9.17) is 0 Å². The van der Waals surface area contributed by atoms with Gasteiger partial charge >= 0.3 is 0 Å². The average Bonchev–Trinajstić information content (AvgIpc) is 2.91. The summed E-state index contributed by atoms with van der Waals surface area (Å²) in [4.78, 5) is 4.12. The third-order valence-corrected chi connectivity index (χ3v) is 3.72. The zero-order valence-electron chi connectivity index (χ0n) is 11.1. The van der Waals surface area contributed by atoms with Crippen molar-refractivity contribution < 1.29 is 10.2 Å². The van der Waals surface area contributed by atoms with E-state index in [-0.39, 0.29) is 12.6 Å². The number of aliphatic hydroxyl groups is 2. The van der Waals surface area contributed by atoms with E-state index in [9.17, 15) is 10.2 Å². The summed E-state index contributed by atoms with van der Waals surface area (Å²) in [5.74, 6) is 0.552. The Labute approximate surface area is 131 Å². The molecule has 4 nitrogen and oxygen atoms in total. The van der Waals surface area contributed by atoms with E-state index in [1.807, 2.05) is 36.4 Å². The topological polar surface area (TPSA) is 58.3 Å². The van der Waals surface area contributed by atoms with Gasteiger partial charge in [0.1, 0.15) is 11.9 Å². The highest BCUT2D eigenvalue weighted by atomic mass is 127. The van der Waals surface area contributed by atoms with Gasteiger partial charge in [0.05, 0.1) is 12.6 Å². The van der Waals surface area contributed by atoms with Gasteiger partial charge in [-0.15, -0.1) is 0 Å². The van der Waals surface area contributed by atoms with Gasteiger partial charge in [-0.25, -0.2) is 4.98 Å². The zero-order valence-corrected chi connectivity index (χ0v) is 13.3. The van der Waals surface area contributed by atoms with Gasteiger partial charge in [0.25, 0.3) is 0 Å². The molecule has 0 unspecified atom stereocenters. The predicted molar refractivity (Wildman–Crippen MR) is 87.2 cm³/mol. The number of imidazole rings is 1. The van der Waals surface area contributed by atoms with Crippen LogP contribution in [-0.2, 0) is 0 Å². The number of benzene rings is 1. The van der Waals surface area contributed by atoms with E-state index in [1.54, 1.807) is 23.9 Å². The Balaban J connectivity index is 2.20. The van der Waals surface area contributed by atoms with Crippen LogP contribution in [0.3, 0.4) is 0 Å². The number of rotatable bonds is 5. The second kappa shape index (κ2) is 7.01. The third kappa shape index (κ3) is 3.68. The largest absolute Gasteiger partial charge is 0.394 e. The number of aromatic nitrogens is 2. The fourth-order valence-electron chi connectivity index (χ4n) is 1.97. The summed E-state index contributed by atoms with van der Waals surface area (Å²) in [6.45, 7) is 1.62. The van der Waals surface area contributed by atoms with Crippen molar-refractivity contribution in [1.82, 2.24) is 9.55 Å². The lowest BCUT2D eigenvalue weighted by atomic mass is 10.1. The number of aliphatic hydroxyl groups excluding tert-OH is 2. The summed E-state index contributed by atoms with van der Waals surface area (Å²) < 4.78 is 2.97. The maximum atomic E-state index is 9.66. The molecule has 0 fully saturated rings. The van der Waals surface area contributed by atoms with Crippen LogP contribution in [0.15, 0.2) is 42.7 Å². The van der Waals surface area contributed by atoms with Crippen LogP contribution in [0.4, 0.5) is 0 Å². The molecular formula is C15H17IN2O2. The van der Waals surface area contributed by atoms with Crippen molar-refractivity contribution in [2.75, 3.05) is 6.61 Å². The summed E-state index contributed by atoms with van der Waals surface area (Å²) in [5, 5.41) is 19.2. The molecule has 0 amide bonds. The van der Waals surface area contributed by atoms with Gasteiger partial charge in [0, 0.05) is 16.0 Å². The molecule has 1 aromatic carbocycles. The lowest BCUT2D eigenvalue weighted by Gasteiger charge is -2.16. The van der Waals surface area contributed by atoms with Crippen molar-refractivity contribution in [2.24, 2.45) is 0 Å². The minimum absolute atomic E-state index is 0.0447. The second-order valence-electron chi connectivity index (χ2n) is 4.53. The van der Waals surface area contributed by atoms with Crippen molar-refractivity contribution in [2.45, 2.75) is 19.1 Å². The Bertz CT molecular complexity index is 576. The Hall–Kier alpha value is -1.18. The van der Waals surface area contributed by atoms with E-state index < -0.39 is 6.10 Å². The molecule has 0 aliphatic rings. The highest BCUT2D eigenvalue weighted by Crippen LogP contribution is 2.18. The first-order chi connectivity index (χ1) is 9.61. The number of nitrogens with zero attached hydrogens (tertiary/aromatic N) is 2. The molecule has 2 aromatic rings. The molecule has 106 valence electrons. The van der Waals surface area contributed by atoms with Gasteiger partial charge < -0.3 is 14.8 Å². The molecule has 0 radical (unpaired) electrons. The Morgan fingerprint density at radius 2 is 2.05 bits per heavy atom. The van der Waals surface area contributed by atoms with Crippen LogP contribution in [-0.4, -0.2) is 26.4 Å². The van der Waals surface area contributed by atoms with Crippen LogP contribution in [0, 0.1) is 3.57 Å². The lowest BCUT2D eigenvalue weighted by molar-refractivity contribution is 0.175. The van der Waals surface area contributed by atoms with Crippen LogP contribution >= 0.6 is 22.6 Å². The molecule has 0 spiro atoms. The zero-order chi connectivity index (χ0) is 14.5. The molecule has 1 aromatic heterocycles. The minimum atomic E-state index is -0.661. The molecule has 0 aliphatic carbocycles.